The number of rotatable bonds is 10. The molecule has 2 N–H and O–H groups in total. The maximum Gasteiger partial charge on any atom is 0.335 e. The molecule has 0 saturated heterocycles. The number of carbonyl (C=O) groups is 2. The molecule has 0 bridgehead atoms. The topological polar surface area (TPSA) is 94.1 Å². The summed E-state index contributed by atoms with van der Waals surface area (Å²) in [5, 5.41) is 11.9. The summed E-state index contributed by atoms with van der Waals surface area (Å²) in [6.45, 7) is 0.435. The molecule has 0 aliphatic carbocycles. The van der Waals surface area contributed by atoms with Crippen LogP contribution in [0.3, 0.4) is 0 Å². The van der Waals surface area contributed by atoms with Gasteiger partial charge in [-0.25, -0.2) is 4.79 Å². The van der Waals surface area contributed by atoms with Crippen LogP contribution in [0.25, 0.3) is 0 Å². The quantitative estimate of drug-likeness (QED) is 0.651. The van der Waals surface area contributed by atoms with Crippen molar-refractivity contribution in [2.75, 3.05) is 27.9 Å². The van der Waals surface area contributed by atoms with E-state index >= 15 is 0 Å². The van der Waals surface area contributed by atoms with Crippen molar-refractivity contribution in [3.8, 4) is 17.2 Å². The first-order chi connectivity index (χ1) is 13.5. The number of benzene rings is 2. The van der Waals surface area contributed by atoms with Crippen molar-refractivity contribution in [1.29, 1.82) is 0 Å². The predicted molar refractivity (Wildman–Crippen MR) is 105 cm³/mol. The Labute approximate surface area is 164 Å². The molecule has 1 amide bonds. The molecule has 0 heterocycles. The molecule has 7 heteroatoms. The Morgan fingerprint density at radius 3 is 2.36 bits per heavy atom. The summed E-state index contributed by atoms with van der Waals surface area (Å²) < 4.78 is 16.0. The number of aromatic carboxylic acids is 1. The van der Waals surface area contributed by atoms with Crippen LogP contribution >= 0.6 is 0 Å². The lowest BCUT2D eigenvalue weighted by Gasteiger charge is -2.15. The van der Waals surface area contributed by atoms with E-state index in [1.54, 1.807) is 38.5 Å². The molecule has 0 saturated carbocycles. The molecule has 2 aromatic carbocycles. The molecule has 150 valence electrons. The Morgan fingerprint density at radius 2 is 1.71 bits per heavy atom. The van der Waals surface area contributed by atoms with E-state index in [0.29, 0.717) is 43.1 Å². The largest absolute Gasteiger partial charge is 0.493 e. The van der Waals surface area contributed by atoms with E-state index in [1.165, 1.54) is 7.11 Å². The Bertz CT molecular complexity index is 834. The molecular weight excluding hydrogens is 362 g/mol. The van der Waals surface area contributed by atoms with Gasteiger partial charge in [0.25, 0.3) is 0 Å². The van der Waals surface area contributed by atoms with Crippen molar-refractivity contribution in [2.24, 2.45) is 0 Å². The average Bonchev–Trinajstić information content (AvgIpc) is 2.71. The van der Waals surface area contributed by atoms with E-state index in [0.717, 1.165) is 11.1 Å². The van der Waals surface area contributed by atoms with Crippen LogP contribution in [-0.4, -0.2) is 44.9 Å². The second-order valence-electron chi connectivity index (χ2n) is 6.10. The number of carboxylic acid groups (broad SMARTS) is 1. The van der Waals surface area contributed by atoms with Crippen molar-refractivity contribution in [2.45, 2.75) is 19.3 Å². The first-order valence-corrected chi connectivity index (χ1v) is 8.87. The lowest BCUT2D eigenvalue weighted by molar-refractivity contribution is -0.121. The van der Waals surface area contributed by atoms with Gasteiger partial charge in [0, 0.05) is 13.0 Å². The maximum atomic E-state index is 12.2. The second-order valence-corrected chi connectivity index (χ2v) is 6.10. The number of carboxylic acids is 1. The molecule has 0 radical (unpaired) electrons. The molecular formula is C21H25NO6. The van der Waals surface area contributed by atoms with Crippen LogP contribution in [0.15, 0.2) is 36.4 Å². The summed E-state index contributed by atoms with van der Waals surface area (Å²) >= 11 is 0. The highest BCUT2D eigenvalue weighted by Crippen LogP contribution is 2.40. The van der Waals surface area contributed by atoms with Crippen LogP contribution < -0.4 is 19.5 Å². The molecule has 0 aromatic heterocycles. The van der Waals surface area contributed by atoms with Crippen molar-refractivity contribution in [1.82, 2.24) is 5.32 Å². The minimum atomic E-state index is -0.963. The van der Waals surface area contributed by atoms with E-state index in [-0.39, 0.29) is 11.5 Å². The summed E-state index contributed by atoms with van der Waals surface area (Å²) in [4.78, 5) is 23.2. The monoisotopic (exact) mass is 387 g/mol. The smallest absolute Gasteiger partial charge is 0.335 e. The van der Waals surface area contributed by atoms with Crippen LogP contribution in [0.5, 0.6) is 17.2 Å². The first-order valence-electron chi connectivity index (χ1n) is 8.87. The van der Waals surface area contributed by atoms with Crippen molar-refractivity contribution < 1.29 is 28.9 Å². The third-order valence-electron chi connectivity index (χ3n) is 4.32. The Balaban J connectivity index is 1.89. The molecule has 0 spiro atoms. The molecule has 0 atom stereocenters. The Morgan fingerprint density at radius 1 is 0.964 bits per heavy atom. The predicted octanol–water partition coefficient (Wildman–Crippen LogP) is 2.70. The molecule has 0 fully saturated rings. The van der Waals surface area contributed by atoms with Gasteiger partial charge in [-0.2, -0.15) is 0 Å². The number of aryl methyl sites for hydroxylation is 1. The highest BCUT2D eigenvalue weighted by Gasteiger charge is 2.16. The normalized spacial score (nSPS) is 10.2. The zero-order valence-electron chi connectivity index (χ0n) is 16.3. The highest BCUT2D eigenvalue weighted by molar-refractivity contribution is 5.87. The Hall–Kier alpha value is -3.22. The summed E-state index contributed by atoms with van der Waals surface area (Å²) in [6, 6.07) is 10.3. The zero-order valence-corrected chi connectivity index (χ0v) is 16.3. The van der Waals surface area contributed by atoms with E-state index < -0.39 is 5.97 Å². The Kier molecular flexibility index (Phi) is 7.68. The second kappa shape index (κ2) is 10.2. The summed E-state index contributed by atoms with van der Waals surface area (Å²) in [6.07, 6.45) is 1.34. The van der Waals surface area contributed by atoms with Crippen LogP contribution in [0.2, 0.25) is 0 Å². The number of methoxy groups -OCH3 is 3. The van der Waals surface area contributed by atoms with E-state index in [9.17, 15) is 9.59 Å². The molecule has 7 nitrogen and oxygen atoms in total. The molecule has 0 aliphatic rings. The number of ether oxygens (including phenoxy) is 3. The van der Waals surface area contributed by atoms with Gasteiger partial charge in [-0.15, -0.1) is 0 Å². The summed E-state index contributed by atoms with van der Waals surface area (Å²) in [5.41, 5.74) is 1.95. The van der Waals surface area contributed by atoms with Gasteiger partial charge in [-0.1, -0.05) is 18.2 Å². The third-order valence-corrected chi connectivity index (χ3v) is 4.32. The van der Waals surface area contributed by atoms with Crippen LogP contribution in [0.1, 0.15) is 27.9 Å². The summed E-state index contributed by atoms with van der Waals surface area (Å²) in [7, 11) is 4.64. The van der Waals surface area contributed by atoms with Gasteiger partial charge >= 0.3 is 5.97 Å². The maximum absolute atomic E-state index is 12.2. The fourth-order valence-electron chi connectivity index (χ4n) is 2.90. The fraction of sp³-hybridized carbons (Fsp3) is 0.333. The standard InChI is InChI=1S/C21H25NO6/c1-26-17-9-7-15(19(27-2)20(17)28-3)8-10-18(23)22-12-11-14-5-4-6-16(13-14)21(24)25/h4-7,9,13H,8,10-12H2,1-3H3,(H,22,23)(H,24,25). The zero-order chi connectivity index (χ0) is 20.5. The van der Waals surface area contributed by atoms with Crippen molar-refractivity contribution >= 4 is 11.9 Å². The molecule has 0 unspecified atom stereocenters. The summed E-state index contributed by atoms with van der Waals surface area (Å²) in [5.74, 6) is 0.568. The van der Waals surface area contributed by atoms with Gasteiger partial charge in [0.15, 0.2) is 11.5 Å². The van der Waals surface area contributed by atoms with E-state index in [2.05, 4.69) is 5.32 Å². The van der Waals surface area contributed by atoms with Crippen LogP contribution in [0, 0.1) is 0 Å². The molecule has 2 rings (SSSR count). The number of hydrogen-bond donors (Lipinski definition) is 2. The van der Waals surface area contributed by atoms with Crippen molar-refractivity contribution in [3.63, 3.8) is 0 Å². The number of hydrogen-bond acceptors (Lipinski definition) is 5. The molecule has 0 aliphatic heterocycles. The van der Waals surface area contributed by atoms with Gasteiger partial charge in [-0.3, -0.25) is 4.79 Å². The minimum absolute atomic E-state index is 0.0915. The van der Waals surface area contributed by atoms with Gasteiger partial charge < -0.3 is 24.6 Å². The molecule has 2 aromatic rings. The van der Waals surface area contributed by atoms with Gasteiger partial charge in [0.1, 0.15) is 0 Å². The van der Waals surface area contributed by atoms with Gasteiger partial charge in [0.2, 0.25) is 11.7 Å². The van der Waals surface area contributed by atoms with Crippen LogP contribution in [-0.2, 0) is 17.6 Å². The lowest BCUT2D eigenvalue weighted by atomic mass is 10.1. The van der Waals surface area contributed by atoms with E-state index in [1.807, 2.05) is 12.1 Å². The average molecular weight is 387 g/mol. The van der Waals surface area contributed by atoms with Crippen LogP contribution in [0.4, 0.5) is 0 Å². The van der Waals surface area contributed by atoms with E-state index in [4.69, 9.17) is 19.3 Å². The lowest BCUT2D eigenvalue weighted by Crippen LogP contribution is -2.26. The number of carbonyl (C=O) groups excluding carboxylic acids is 1. The number of nitrogens with one attached hydrogen (secondary N) is 1. The third kappa shape index (κ3) is 5.39. The van der Waals surface area contributed by atoms with Gasteiger partial charge in [-0.05, 0) is 42.2 Å². The molecule has 28 heavy (non-hydrogen) atoms. The van der Waals surface area contributed by atoms with Crippen molar-refractivity contribution in [3.05, 3.63) is 53.1 Å². The first kappa shape index (κ1) is 21.1. The van der Waals surface area contributed by atoms with Gasteiger partial charge in [0.05, 0.1) is 26.9 Å². The number of amides is 1. The highest BCUT2D eigenvalue weighted by atomic mass is 16.5. The minimum Gasteiger partial charge on any atom is -0.493 e. The fourth-order valence-corrected chi connectivity index (χ4v) is 2.90. The SMILES string of the molecule is COc1ccc(CCC(=O)NCCc2cccc(C(=O)O)c2)c(OC)c1OC.